The molecule has 1 aliphatic rings. The molecule has 0 aromatic rings. The van der Waals surface area contributed by atoms with Crippen LogP contribution in [-0.4, -0.2) is 41.9 Å². The molecule has 0 bridgehead atoms. The summed E-state index contributed by atoms with van der Waals surface area (Å²) in [5.41, 5.74) is 0. The molecule has 2 atom stereocenters. The maximum atomic E-state index is 5.59. The van der Waals surface area contributed by atoms with Crippen LogP contribution < -0.4 is 0 Å². The fraction of sp³-hybridized carbons (Fsp3) is 1.00. The van der Waals surface area contributed by atoms with Crippen LogP contribution in [0, 0.1) is 0 Å². The predicted octanol–water partition coefficient (Wildman–Crippen LogP) is 2.35. The molecule has 3 nitrogen and oxygen atoms in total. The summed E-state index contributed by atoms with van der Waals surface area (Å²) in [5, 5.41) is 0. The van der Waals surface area contributed by atoms with Crippen molar-refractivity contribution in [2.45, 2.75) is 16.2 Å². The molecule has 0 N–H and O–H groups in total. The summed E-state index contributed by atoms with van der Waals surface area (Å²) >= 11 is 22.2. The van der Waals surface area contributed by atoms with E-state index in [-0.39, 0.29) is 6.10 Å². The molecule has 1 aliphatic heterocycles. The van der Waals surface area contributed by atoms with Gasteiger partial charge in [0, 0.05) is 5.88 Å². The van der Waals surface area contributed by atoms with Crippen LogP contribution in [-0.2, 0) is 14.2 Å². The summed E-state index contributed by atoms with van der Waals surface area (Å²) in [6, 6.07) is 0. The van der Waals surface area contributed by atoms with Gasteiger partial charge in [-0.15, -0.1) is 11.6 Å². The third-order valence-electron chi connectivity index (χ3n) is 1.54. The summed E-state index contributed by atoms with van der Waals surface area (Å²) in [7, 11) is 0. The van der Waals surface area contributed by atoms with Gasteiger partial charge in [0.2, 0.25) is 10.1 Å². The molecule has 0 aromatic heterocycles. The highest BCUT2D eigenvalue weighted by atomic mass is 35.6. The zero-order chi connectivity index (χ0) is 10.6. The molecule has 14 heavy (non-hydrogen) atoms. The molecule has 0 amide bonds. The Morgan fingerprint density at radius 3 is 2.57 bits per heavy atom. The molecule has 0 radical (unpaired) electrons. The minimum Gasteiger partial charge on any atom is -0.377 e. The Balaban J connectivity index is 2.21. The van der Waals surface area contributed by atoms with Gasteiger partial charge in [0.15, 0.2) is 0 Å². The Hall–Kier alpha value is 1.04. The lowest BCUT2D eigenvalue weighted by Crippen LogP contribution is -2.28. The molecule has 0 unspecified atom stereocenters. The minimum atomic E-state index is -1.55. The second kappa shape index (κ2) is 5.94. The van der Waals surface area contributed by atoms with Crippen molar-refractivity contribution in [3.8, 4) is 0 Å². The highest BCUT2D eigenvalue weighted by molar-refractivity contribution is 6.67. The van der Waals surface area contributed by atoms with Gasteiger partial charge >= 0.3 is 0 Å². The average Bonchev–Trinajstić information content (AvgIpc) is 2.52. The first-order valence-corrected chi connectivity index (χ1v) is 5.68. The lowest BCUT2D eigenvalue weighted by molar-refractivity contribution is -0.0667. The van der Waals surface area contributed by atoms with Gasteiger partial charge in [-0.05, 0) is 0 Å². The number of alkyl halides is 4. The Morgan fingerprint density at radius 2 is 2.07 bits per heavy atom. The Bertz CT molecular complexity index is 173. The smallest absolute Gasteiger partial charge is 0.240 e. The maximum Gasteiger partial charge on any atom is 0.240 e. The van der Waals surface area contributed by atoms with E-state index < -0.39 is 10.1 Å². The Morgan fingerprint density at radius 1 is 1.36 bits per heavy atom. The number of hydrogen-bond acceptors (Lipinski definition) is 3. The van der Waals surface area contributed by atoms with Crippen LogP contribution in [0.25, 0.3) is 0 Å². The van der Waals surface area contributed by atoms with Gasteiger partial charge in [0.05, 0.1) is 19.8 Å². The van der Waals surface area contributed by atoms with Crippen LogP contribution in [0.5, 0.6) is 0 Å². The fourth-order valence-electron chi connectivity index (χ4n) is 0.976. The van der Waals surface area contributed by atoms with E-state index in [1.807, 2.05) is 0 Å². The van der Waals surface area contributed by atoms with Crippen LogP contribution >= 0.6 is 46.4 Å². The highest BCUT2D eigenvalue weighted by Gasteiger charge is 2.41. The molecular formula is C7H10Cl4O3. The first-order chi connectivity index (χ1) is 6.54. The van der Waals surface area contributed by atoms with Crippen LogP contribution in [0.15, 0.2) is 0 Å². The van der Waals surface area contributed by atoms with Gasteiger partial charge < -0.3 is 14.2 Å². The minimum absolute atomic E-state index is 0.196. The molecule has 1 rings (SSSR count). The average molecular weight is 284 g/mol. The van der Waals surface area contributed by atoms with Crippen LogP contribution in [0.4, 0.5) is 0 Å². The van der Waals surface area contributed by atoms with Crippen LogP contribution in [0.2, 0.25) is 0 Å². The molecule has 1 fully saturated rings. The topological polar surface area (TPSA) is 27.7 Å². The van der Waals surface area contributed by atoms with Crippen molar-refractivity contribution < 1.29 is 14.2 Å². The van der Waals surface area contributed by atoms with E-state index >= 15 is 0 Å². The number of halogens is 4. The third-order valence-corrected chi connectivity index (χ3v) is 2.23. The van der Waals surface area contributed by atoms with E-state index in [2.05, 4.69) is 0 Å². The lowest BCUT2D eigenvalue weighted by Gasteiger charge is -2.18. The van der Waals surface area contributed by atoms with Gasteiger partial charge in [-0.1, -0.05) is 34.8 Å². The molecule has 0 aromatic carbocycles. The van der Waals surface area contributed by atoms with E-state index in [9.17, 15) is 0 Å². The highest BCUT2D eigenvalue weighted by Crippen LogP contribution is 2.36. The standard InChI is InChI=1S/C7H10Cl4O3/c8-1-2-12-3-5-4-13-6(14-5)7(9,10)11/h5-6H,1-4H2/t5-,6+/m0/s1. The van der Waals surface area contributed by atoms with Crippen molar-refractivity contribution in [3.05, 3.63) is 0 Å². The normalized spacial score (nSPS) is 28.3. The van der Waals surface area contributed by atoms with Crippen molar-refractivity contribution in [2.75, 3.05) is 25.7 Å². The van der Waals surface area contributed by atoms with Gasteiger partial charge in [-0.3, -0.25) is 0 Å². The SMILES string of the molecule is ClCCOC[C@H]1CO[C@@H](C(Cl)(Cl)Cl)O1. The predicted molar refractivity (Wildman–Crippen MR) is 56.4 cm³/mol. The summed E-state index contributed by atoms with van der Waals surface area (Å²) in [4.78, 5) is 0. The largest absolute Gasteiger partial charge is 0.377 e. The second-order valence-electron chi connectivity index (χ2n) is 2.73. The Kier molecular flexibility index (Phi) is 5.57. The quantitative estimate of drug-likeness (QED) is 0.586. The summed E-state index contributed by atoms with van der Waals surface area (Å²) < 4.78 is 14.0. The van der Waals surface area contributed by atoms with Crippen molar-refractivity contribution in [1.82, 2.24) is 0 Å². The van der Waals surface area contributed by atoms with Gasteiger partial charge in [0.25, 0.3) is 0 Å². The summed E-state index contributed by atoms with van der Waals surface area (Å²) in [6.07, 6.45) is -1.02. The molecule has 0 saturated carbocycles. The first-order valence-electron chi connectivity index (χ1n) is 4.01. The summed E-state index contributed by atoms with van der Waals surface area (Å²) in [6.45, 7) is 1.23. The molecule has 0 aliphatic carbocycles. The van der Waals surface area contributed by atoms with Crippen molar-refractivity contribution in [2.24, 2.45) is 0 Å². The van der Waals surface area contributed by atoms with Crippen molar-refractivity contribution >= 4 is 46.4 Å². The Labute approximate surface area is 102 Å². The molecule has 7 heteroatoms. The monoisotopic (exact) mass is 282 g/mol. The number of hydrogen-bond donors (Lipinski definition) is 0. The van der Waals surface area contributed by atoms with Crippen LogP contribution in [0.3, 0.4) is 0 Å². The molecule has 1 heterocycles. The number of ether oxygens (including phenoxy) is 3. The number of rotatable bonds is 4. The fourth-order valence-corrected chi connectivity index (χ4v) is 1.43. The third kappa shape index (κ3) is 4.27. The summed E-state index contributed by atoms with van der Waals surface area (Å²) in [5.74, 6) is 0.446. The molecule has 84 valence electrons. The molecule has 1 saturated heterocycles. The van der Waals surface area contributed by atoms with E-state index in [0.717, 1.165) is 0 Å². The van der Waals surface area contributed by atoms with Gasteiger partial charge in [-0.2, -0.15) is 0 Å². The second-order valence-corrected chi connectivity index (χ2v) is 5.48. The van der Waals surface area contributed by atoms with E-state index in [0.29, 0.717) is 25.7 Å². The first kappa shape index (κ1) is 13.1. The van der Waals surface area contributed by atoms with Crippen LogP contribution in [0.1, 0.15) is 0 Å². The van der Waals surface area contributed by atoms with E-state index in [1.165, 1.54) is 0 Å². The molecular weight excluding hydrogens is 274 g/mol. The van der Waals surface area contributed by atoms with E-state index in [1.54, 1.807) is 0 Å². The maximum absolute atomic E-state index is 5.59. The van der Waals surface area contributed by atoms with Gasteiger partial charge in [-0.25, -0.2) is 0 Å². The molecule has 0 spiro atoms. The van der Waals surface area contributed by atoms with Crippen molar-refractivity contribution in [1.29, 1.82) is 0 Å². The zero-order valence-electron chi connectivity index (χ0n) is 7.22. The zero-order valence-corrected chi connectivity index (χ0v) is 10.2. The lowest BCUT2D eigenvalue weighted by atomic mass is 10.4. The van der Waals surface area contributed by atoms with E-state index in [4.69, 9.17) is 60.6 Å². The van der Waals surface area contributed by atoms with Crippen molar-refractivity contribution in [3.63, 3.8) is 0 Å². The van der Waals surface area contributed by atoms with Gasteiger partial charge in [0.1, 0.15) is 6.10 Å².